The van der Waals surface area contributed by atoms with Gasteiger partial charge in [0.05, 0.1) is 6.20 Å². The van der Waals surface area contributed by atoms with E-state index in [0.717, 1.165) is 11.1 Å². The smallest absolute Gasteiger partial charge is 0.330 e. The maximum Gasteiger partial charge on any atom is 0.330 e. The van der Waals surface area contributed by atoms with Crippen molar-refractivity contribution >= 4 is 17.1 Å². The Bertz CT molecular complexity index is 1210. The lowest BCUT2D eigenvalue weighted by Gasteiger charge is -2.17. The monoisotopic (exact) mass is 387 g/mol. The van der Waals surface area contributed by atoms with E-state index in [4.69, 9.17) is 0 Å². The quantitative estimate of drug-likeness (QED) is 0.527. The van der Waals surface area contributed by atoms with Gasteiger partial charge in [-0.15, -0.1) is 0 Å². The van der Waals surface area contributed by atoms with Gasteiger partial charge in [-0.3, -0.25) is 13.9 Å². The number of imidazole rings is 1. The zero-order valence-corrected chi connectivity index (χ0v) is 16.3. The molecule has 4 rings (SSSR count). The molecule has 0 saturated heterocycles. The summed E-state index contributed by atoms with van der Waals surface area (Å²) >= 11 is 0. The minimum atomic E-state index is -0.291. The Kier molecular flexibility index (Phi) is 4.95. The van der Waals surface area contributed by atoms with E-state index in [-0.39, 0.29) is 18.1 Å². The molecular weight excluding hydrogens is 366 g/mol. The molecule has 0 unspecified atom stereocenters. The maximum absolute atomic E-state index is 12.7. The summed E-state index contributed by atoms with van der Waals surface area (Å²) in [5.41, 5.74) is 2.65. The van der Waals surface area contributed by atoms with Crippen molar-refractivity contribution in [3.63, 3.8) is 0 Å². The average molecular weight is 387 g/mol. The molecular formula is C22H21N5O2. The number of hydrogen-bond donors (Lipinski definition) is 0. The van der Waals surface area contributed by atoms with Crippen LogP contribution < -0.4 is 5.69 Å². The van der Waals surface area contributed by atoms with E-state index in [1.165, 1.54) is 9.13 Å². The molecule has 7 heteroatoms. The number of aromatic nitrogens is 4. The molecule has 7 nitrogen and oxygen atoms in total. The lowest BCUT2D eigenvalue weighted by atomic mass is 10.2. The molecule has 0 spiro atoms. The summed E-state index contributed by atoms with van der Waals surface area (Å²) < 4.78 is 2.88. The van der Waals surface area contributed by atoms with Crippen LogP contribution in [0.25, 0.3) is 22.6 Å². The van der Waals surface area contributed by atoms with E-state index in [0.29, 0.717) is 23.5 Å². The lowest BCUT2D eigenvalue weighted by Crippen LogP contribution is -2.33. The standard InChI is InChI=1S/C22H21N5O2/c1-25(14-16-9-5-3-6-10-16)19(28)15-27-18-13-23-20(17-11-7-4-8-12-17)24-21(18)26(2)22(27)29/h3-13H,14-15H2,1-2H3. The van der Waals surface area contributed by atoms with Crippen LogP contribution in [-0.2, 0) is 24.9 Å². The second kappa shape index (κ2) is 7.71. The number of fused-ring (bicyclic) bond motifs is 1. The van der Waals surface area contributed by atoms with Gasteiger partial charge in [-0.25, -0.2) is 14.8 Å². The van der Waals surface area contributed by atoms with Crippen LogP contribution in [0.15, 0.2) is 71.7 Å². The predicted octanol–water partition coefficient (Wildman–Crippen LogP) is 2.46. The second-order valence-corrected chi connectivity index (χ2v) is 6.93. The summed E-state index contributed by atoms with van der Waals surface area (Å²) in [5.74, 6) is 0.383. The molecule has 0 aliphatic heterocycles. The van der Waals surface area contributed by atoms with Crippen LogP contribution in [0.1, 0.15) is 5.56 Å². The van der Waals surface area contributed by atoms with Crippen molar-refractivity contribution in [3.05, 3.63) is 82.9 Å². The van der Waals surface area contributed by atoms with Crippen LogP contribution in [0.2, 0.25) is 0 Å². The molecule has 0 saturated carbocycles. The first-order chi connectivity index (χ1) is 14.0. The van der Waals surface area contributed by atoms with Gasteiger partial charge in [-0.2, -0.15) is 0 Å². The normalized spacial score (nSPS) is 11.0. The zero-order valence-electron chi connectivity index (χ0n) is 16.3. The highest BCUT2D eigenvalue weighted by Crippen LogP contribution is 2.17. The van der Waals surface area contributed by atoms with Gasteiger partial charge in [0.25, 0.3) is 0 Å². The second-order valence-electron chi connectivity index (χ2n) is 6.93. The van der Waals surface area contributed by atoms with Crippen LogP contribution >= 0.6 is 0 Å². The third-order valence-electron chi connectivity index (χ3n) is 4.89. The number of likely N-dealkylation sites (N-methyl/N-ethyl adjacent to an activating group) is 1. The molecule has 0 N–H and O–H groups in total. The van der Waals surface area contributed by atoms with Gasteiger partial charge in [-0.05, 0) is 5.56 Å². The number of rotatable bonds is 5. The third kappa shape index (κ3) is 3.67. The van der Waals surface area contributed by atoms with Gasteiger partial charge in [-0.1, -0.05) is 60.7 Å². The first-order valence-corrected chi connectivity index (χ1v) is 9.30. The van der Waals surface area contributed by atoms with Crippen molar-refractivity contribution in [2.75, 3.05) is 7.05 Å². The molecule has 0 atom stereocenters. The van der Waals surface area contributed by atoms with Crippen LogP contribution in [0, 0.1) is 0 Å². The highest BCUT2D eigenvalue weighted by atomic mass is 16.2. The molecule has 2 aromatic heterocycles. The van der Waals surface area contributed by atoms with Crippen molar-refractivity contribution in [2.45, 2.75) is 13.1 Å². The van der Waals surface area contributed by atoms with Crippen molar-refractivity contribution in [3.8, 4) is 11.4 Å². The molecule has 0 fully saturated rings. The van der Waals surface area contributed by atoms with Gasteiger partial charge in [0, 0.05) is 26.2 Å². The van der Waals surface area contributed by atoms with Crippen molar-refractivity contribution in [2.24, 2.45) is 7.05 Å². The Morgan fingerprint density at radius 1 is 1.03 bits per heavy atom. The third-order valence-corrected chi connectivity index (χ3v) is 4.89. The zero-order chi connectivity index (χ0) is 20.4. The highest BCUT2D eigenvalue weighted by Gasteiger charge is 2.18. The van der Waals surface area contributed by atoms with Crippen LogP contribution in [0.4, 0.5) is 0 Å². The Morgan fingerprint density at radius 3 is 2.38 bits per heavy atom. The summed E-state index contributed by atoms with van der Waals surface area (Å²) in [4.78, 5) is 36.0. The molecule has 4 aromatic rings. The van der Waals surface area contributed by atoms with Crippen molar-refractivity contribution in [1.82, 2.24) is 24.0 Å². The Morgan fingerprint density at radius 2 is 1.69 bits per heavy atom. The van der Waals surface area contributed by atoms with Crippen LogP contribution in [0.5, 0.6) is 0 Å². The van der Waals surface area contributed by atoms with E-state index in [1.807, 2.05) is 60.7 Å². The summed E-state index contributed by atoms with van der Waals surface area (Å²) in [6.07, 6.45) is 1.61. The fourth-order valence-electron chi connectivity index (χ4n) is 3.26. The molecule has 146 valence electrons. The molecule has 0 aliphatic carbocycles. The highest BCUT2D eigenvalue weighted by molar-refractivity contribution is 5.79. The number of amides is 1. The van der Waals surface area contributed by atoms with Crippen LogP contribution in [0.3, 0.4) is 0 Å². The van der Waals surface area contributed by atoms with Gasteiger partial charge < -0.3 is 4.90 Å². The summed E-state index contributed by atoms with van der Waals surface area (Å²) in [5, 5.41) is 0. The predicted molar refractivity (Wildman–Crippen MR) is 111 cm³/mol. The summed E-state index contributed by atoms with van der Waals surface area (Å²) in [6.45, 7) is 0.418. The van der Waals surface area contributed by atoms with Gasteiger partial charge in [0.15, 0.2) is 11.5 Å². The Balaban J connectivity index is 1.63. The minimum absolute atomic E-state index is 0.0620. The molecule has 1 amide bonds. The molecule has 2 aromatic carbocycles. The van der Waals surface area contributed by atoms with Gasteiger partial charge >= 0.3 is 5.69 Å². The maximum atomic E-state index is 12.7. The first kappa shape index (κ1) is 18.6. The van der Waals surface area contributed by atoms with Gasteiger partial charge in [0.2, 0.25) is 5.91 Å². The Hall–Kier alpha value is -3.74. The lowest BCUT2D eigenvalue weighted by molar-refractivity contribution is -0.131. The van der Waals surface area contributed by atoms with Crippen molar-refractivity contribution in [1.29, 1.82) is 0 Å². The van der Waals surface area contributed by atoms with Crippen molar-refractivity contribution < 1.29 is 4.79 Å². The van der Waals surface area contributed by atoms with E-state index >= 15 is 0 Å². The van der Waals surface area contributed by atoms with E-state index < -0.39 is 0 Å². The number of carbonyl (C=O) groups excluding carboxylic acids is 1. The molecule has 0 aliphatic rings. The number of carbonyl (C=O) groups is 1. The largest absolute Gasteiger partial charge is 0.340 e. The molecule has 0 bridgehead atoms. The first-order valence-electron chi connectivity index (χ1n) is 9.30. The topological polar surface area (TPSA) is 73.0 Å². The fraction of sp³-hybridized carbons (Fsp3) is 0.182. The van der Waals surface area contributed by atoms with E-state index in [1.54, 1.807) is 25.2 Å². The average Bonchev–Trinajstić information content (AvgIpc) is 2.99. The fourth-order valence-corrected chi connectivity index (χ4v) is 3.26. The summed E-state index contributed by atoms with van der Waals surface area (Å²) in [6, 6.07) is 19.3. The van der Waals surface area contributed by atoms with E-state index in [2.05, 4.69) is 9.97 Å². The molecule has 2 heterocycles. The SMILES string of the molecule is CN(Cc1ccccc1)C(=O)Cn1c(=O)n(C)c2nc(-c3ccccc3)ncc21. The molecule has 29 heavy (non-hydrogen) atoms. The van der Waals surface area contributed by atoms with E-state index in [9.17, 15) is 9.59 Å². The minimum Gasteiger partial charge on any atom is -0.340 e. The number of aryl methyl sites for hydroxylation is 1. The van der Waals surface area contributed by atoms with Gasteiger partial charge in [0.1, 0.15) is 12.1 Å². The number of nitrogens with zero attached hydrogens (tertiary/aromatic N) is 5. The summed E-state index contributed by atoms with van der Waals surface area (Å²) in [7, 11) is 3.39. The number of benzene rings is 2. The molecule has 0 radical (unpaired) electrons. The Labute approximate surface area is 167 Å². The van der Waals surface area contributed by atoms with Crippen LogP contribution in [-0.4, -0.2) is 37.0 Å². The number of hydrogen-bond acceptors (Lipinski definition) is 4.